The first-order valence-electron chi connectivity index (χ1n) is 8.90. The van der Waals surface area contributed by atoms with Crippen molar-refractivity contribution in [1.29, 1.82) is 0 Å². The first-order valence-corrected chi connectivity index (χ1v) is 8.90. The maximum absolute atomic E-state index is 4.63. The number of benzene rings is 2. The summed E-state index contributed by atoms with van der Waals surface area (Å²) in [7, 11) is 0. The Balaban J connectivity index is 0.00000180. The van der Waals surface area contributed by atoms with Crippen molar-refractivity contribution in [3.8, 4) is 22.3 Å². The van der Waals surface area contributed by atoms with Crippen LogP contribution in [-0.2, 0) is 26.7 Å². The molecule has 5 rings (SSSR count). The Bertz CT molecular complexity index is 1200. The van der Waals surface area contributed by atoms with E-state index in [1.807, 2.05) is 18.3 Å². The fourth-order valence-electron chi connectivity index (χ4n) is 3.75. The van der Waals surface area contributed by atoms with Crippen molar-refractivity contribution in [3.05, 3.63) is 85.2 Å². The second-order valence-corrected chi connectivity index (χ2v) is 6.34. The molecule has 0 saturated carbocycles. The summed E-state index contributed by atoms with van der Waals surface area (Å²) in [5.41, 5.74) is 7.91. The summed E-state index contributed by atoms with van der Waals surface area (Å²) in [5, 5.41) is 0. The van der Waals surface area contributed by atoms with Crippen molar-refractivity contribution in [2.24, 2.45) is 0 Å². The second kappa shape index (κ2) is 7.15. The molecule has 3 heterocycles. The monoisotopic (exact) mass is 529 g/mol. The molecular formula is C23H18IrN3-. The van der Waals surface area contributed by atoms with Gasteiger partial charge < -0.3 is 8.97 Å². The van der Waals surface area contributed by atoms with Crippen molar-refractivity contribution in [2.75, 3.05) is 0 Å². The van der Waals surface area contributed by atoms with Crippen LogP contribution in [0.3, 0.4) is 0 Å². The summed E-state index contributed by atoms with van der Waals surface area (Å²) in [6.45, 7) is 3.06. The predicted molar refractivity (Wildman–Crippen MR) is 106 cm³/mol. The van der Waals surface area contributed by atoms with Crippen LogP contribution in [0.2, 0.25) is 0 Å². The molecule has 27 heavy (non-hydrogen) atoms. The van der Waals surface area contributed by atoms with Crippen molar-refractivity contribution < 1.29 is 20.1 Å². The van der Waals surface area contributed by atoms with E-state index < -0.39 is 0 Å². The van der Waals surface area contributed by atoms with E-state index in [-0.39, 0.29) is 20.1 Å². The average Bonchev–Trinajstić information content (AvgIpc) is 3.24. The molecule has 0 aliphatic rings. The SMILES string of the molecule is CCn1c2cccnc2n2[c-]c(-c3ccccc3)c(-c3ccccc3)c12.[Ir]. The Morgan fingerprint density at radius 3 is 2.19 bits per heavy atom. The third kappa shape index (κ3) is 2.73. The number of aryl methyl sites for hydroxylation is 1. The Morgan fingerprint density at radius 2 is 1.52 bits per heavy atom. The van der Waals surface area contributed by atoms with Gasteiger partial charge >= 0.3 is 0 Å². The Hall–Kier alpha value is -2.68. The van der Waals surface area contributed by atoms with E-state index >= 15 is 0 Å². The fraction of sp³-hybridized carbons (Fsp3) is 0.0870. The number of fused-ring (bicyclic) bond motifs is 3. The first kappa shape index (κ1) is 17.7. The van der Waals surface area contributed by atoms with Crippen LogP contribution in [0.25, 0.3) is 39.1 Å². The maximum Gasteiger partial charge on any atom is 0.0953 e. The molecule has 0 amide bonds. The third-order valence-electron chi connectivity index (χ3n) is 4.87. The molecule has 0 aliphatic heterocycles. The number of imidazole rings is 1. The minimum absolute atomic E-state index is 0. The molecule has 1 radical (unpaired) electrons. The van der Waals surface area contributed by atoms with Crippen LogP contribution in [0.15, 0.2) is 79.0 Å². The molecule has 2 aromatic carbocycles. The van der Waals surface area contributed by atoms with Crippen LogP contribution < -0.4 is 0 Å². The van der Waals surface area contributed by atoms with E-state index in [0.29, 0.717) is 0 Å². The van der Waals surface area contributed by atoms with E-state index in [4.69, 9.17) is 0 Å². The van der Waals surface area contributed by atoms with Gasteiger partial charge in [-0.15, -0.1) is 0 Å². The molecule has 3 aromatic heterocycles. The van der Waals surface area contributed by atoms with Crippen molar-refractivity contribution in [3.63, 3.8) is 0 Å². The van der Waals surface area contributed by atoms with Crippen LogP contribution >= 0.6 is 0 Å². The molecule has 0 bridgehead atoms. The quantitative estimate of drug-likeness (QED) is 0.286. The predicted octanol–water partition coefficient (Wildman–Crippen LogP) is 5.44. The molecule has 0 N–H and O–H groups in total. The smallest absolute Gasteiger partial charge is 0.0953 e. The number of pyridine rings is 1. The minimum Gasteiger partial charge on any atom is -0.386 e. The zero-order valence-corrected chi connectivity index (χ0v) is 17.3. The molecule has 0 saturated heterocycles. The van der Waals surface area contributed by atoms with Crippen LogP contribution in [0.5, 0.6) is 0 Å². The van der Waals surface area contributed by atoms with Crippen LogP contribution in [0.1, 0.15) is 6.92 Å². The number of nitrogens with zero attached hydrogens (tertiary/aromatic N) is 3. The maximum atomic E-state index is 4.63. The largest absolute Gasteiger partial charge is 0.386 e. The summed E-state index contributed by atoms with van der Waals surface area (Å²) in [4.78, 5) is 4.63. The van der Waals surface area contributed by atoms with Crippen molar-refractivity contribution in [2.45, 2.75) is 13.5 Å². The fourth-order valence-corrected chi connectivity index (χ4v) is 3.75. The molecule has 0 atom stereocenters. The second-order valence-electron chi connectivity index (χ2n) is 6.34. The topological polar surface area (TPSA) is 22.2 Å². The summed E-state index contributed by atoms with van der Waals surface area (Å²) in [6, 6.07) is 25.2. The summed E-state index contributed by atoms with van der Waals surface area (Å²) in [5.74, 6) is 0. The van der Waals surface area contributed by atoms with Gasteiger partial charge in [-0.05, 0) is 25.3 Å². The molecule has 0 spiro atoms. The summed E-state index contributed by atoms with van der Waals surface area (Å²) in [6.07, 6.45) is 5.46. The zero-order chi connectivity index (χ0) is 17.5. The van der Waals surface area contributed by atoms with Gasteiger partial charge in [-0.1, -0.05) is 82.9 Å². The standard InChI is InChI=1S/C23H18N3.Ir/c1-2-25-20-14-9-15-24-22(20)26-16-19(17-10-5-3-6-11-17)21(23(25)26)18-12-7-4-8-13-18;/h3-15H,2H2,1H3;/q-1;. The van der Waals surface area contributed by atoms with Gasteiger partial charge in [-0.25, -0.2) is 0 Å². The molecule has 135 valence electrons. The van der Waals surface area contributed by atoms with Crippen LogP contribution in [0, 0.1) is 6.20 Å². The van der Waals surface area contributed by atoms with Gasteiger partial charge in [-0.3, -0.25) is 4.98 Å². The first-order chi connectivity index (χ1) is 12.9. The minimum atomic E-state index is 0. The Morgan fingerprint density at radius 1 is 0.852 bits per heavy atom. The van der Waals surface area contributed by atoms with E-state index in [1.54, 1.807) is 0 Å². The number of rotatable bonds is 3. The summed E-state index contributed by atoms with van der Waals surface area (Å²) < 4.78 is 4.44. The van der Waals surface area contributed by atoms with Gasteiger partial charge in [0.05, 0.1) is 5.65 Å². The van der Waals surface area contributed by atoms with E-state index in [1.165, 1.54) is 16.7 Å². The number of hydrogen-bond donors (Lipinski definition) is 0. The van der Waals surface area contributed by atoms with Crippen molar-refractivity contribution in [1.82, 2.24) is 14.0 Å². The third-order valence-corrected chi connectivity index (χ3v) is 4.87. The van der Waals surface area contributed by atoms with Gasteiger partial charge in [0.1, 0.15) is 0 Å². The van der Waals surface area contributed by atoms with Crippen LogP contribution in [0.4, 0.5) is 0 Å². The molecule has 0 aliphatic carbocycles. The van der Waals surface area contributed by atoms with Gasteiger partial charge in [0.25, 0.3) is 0 Å². The number of hydrogen-bond acceptors (Lipinski definition) is 1. The molecule has 5 aromatic rings. The van der Waals surface area contributed by atoms with E-state index in [9.17, 15) is 0 Å². The molecule has 3 nitrogen and oxygen atoms in total. The van der Waals surface area contributed by atoms with E-state index in [0.717, 1.165) is 28.9 Å². The molecule has 4 heteroatoms. The van der Waals surface area contributed by atoms with Gasteiger partial charge in [0.15, 0.2) is 0 Å². The van der Waals surface area contributed by atoms with E-state index in [2.05, 4.69) is 87.7 Å². The van der Waals surface area contributed by atoms with Gasteiger partial charge in [-0.2, -0.15) is 0 Å². The molecule has 0 fully saturated rings. The van der Waals surface area contributed by atoms with Crippen molar-refractivity contribution >= 4 is 16.8 Å². The van der Waals surface area contributed by atoms with Gasteiger partial charge in [0.2, 0.25) is 0 Å². The Labute approximate surface area is 171 Å². The number of aromatic nitrogens is 3. The van der Waals surface area contributed by atoms with Gasteiger partial charge in [0, 0.05) is 44.0 Å². The molecule has 0 unspecified atom stereocenters. The molecular weight excluding hydrogens is 510 g/mol. The average molecular weight is 529 g/mol. The van der Waals surface area contributed by atoms with Crippen LogP contribution in [-0.4, -0.2) is 14.0 Å². The summed E-state index contributed by atoms with van der Waals surface area (Å²) >= 11 is 0. The zero-order valence-electron chi connectivity index (χ0n) is 14.9. The Kier molecular flexibility index (Phi) is 4.69. The normalized spacial score (nSPS) is 11.0.